The van der Waals surface area contributed by atoms with E-state index in [1.54, 1.807) is 0 Å². The molecule has 0 unspecified atom stereocenters. The molecule has 0 radical (unpaired) electrons. The molecule has 0 spiro atoms. The molecule has 0 saturated carbocycles. The summed E-state index contributed by atoms with van der Waals surface area (Å²) in [5.74, 6) is 1.67. The van der Waals surface area contributed by atoms with Gasteiger partial charge in [0, 0.05) is 0 Å². The van der Waals surface area contributed by atoms with Crippen molar-refractivity contribution < 1.29 is 21.1 Å². The van der Waals surface area contributed by atoms with Crippen molar-refractivity contribution in [3.8, 4) is 0 Å². The van der Waals surface area contributed by atoms with E-state index in [1.165, 1.54) is 6.42 Å². The fraction of sp³-hybridized carbons (Fsp3) is 0.895. The first-order valence-corrected chi connectivity index (χ1v) is 6.88. The molecule has 136 valence electrons. The van der Waals surface area contributed by atoms with Crippen LogP contribution in [0.3, 0.4) is 0 Å². The van der Waals surface area contributed by atoms with Gasteiger partial charge in [-0.15, -0.1) is 0 Å². The van der Waals surface area contributed by atoms with Gasteiger partial charge in [0.25, 0.3) is 0 Å². The Kier molecular flexibility index (Phi) is 408. The van der Waals surface area contributed by atoms with Crippen molar-refractivity contribution in [2.24, 2.45) is 11.8 Å². The van der Waals surface area contributed by atoms with Crippen LogP contribution in [0.15, 0.2) is 0 Å². The molecule has 0 atom stereocenters. The zero-order chi connectivity index (χ0) is 13.9. The molecule has 0 heterocycles. The summed E-state index contributed by atoms with van der Waals surface area (Å²) in [6, 6.07) is 0. The molecule has 0 rings (SSSR count). The molecule has 0 fully saturated rings. The summed E-state index contributed by atoms with van der Waals surface area (Å²) in [6.45, 7) is 25.2. The summed E-state index contributed by atoms with van der Waals surface area (Å²) in [6.07, 6.45) is 1.25. The Morgan fingerprint density at radius 1 is 0.550 bits per heavy atom. The fourth-order valence-electron chi connectivity index (χ4n) is 0. The maximum atomic E-state index is 2.17. The summed E-state index contributed by atoms with van der Waals surface area (Å²) in [7, 11) is 0. The summed E-state index contributed by atoms with van der Waals surface area (Å²) in [4.78, 5) is 0. The molecule has 0 aliphatic carbocycles. The van der Waals surface area contributed by atoms with Crippen molar-refractivity contribution in [3.63, 3.8) is 0 Å². The summed E-state index contributed by atoms with van der Waals surface area (Å²) >= 11 is 0. The van der Waals surface area contributed by atoms with Crippen molar-refractivity contribution in [2.45, 2.75) is 104 Å². The van der Waals surface area contributed by atoms with Gasteiger partial charge in [0.05, 0.1) is 0 Å². The maximum absolute atomic E-state index is 2.17. The van der Waals surface area contributed by atoms with Crippen LogP contribution >= 0.6 is 0 Å². The Labute approximate surface area is 152 Å². The van der Waals surface area contributed by atoms with E-state index in [1.807, 2.05) is 27.7 Å². The van der Waals surface area contributed by atoms with Gasteiger partial charge in [-0.1, -0.05) is 104 Å². The topological polar surface area (TPSA) is 0 Å². The second-order valence-electron chi connectivity index (χ2n) is 4.17. The maximum Gasteiger partial charge on any atom is 2.00 e. The zero-order valence-corrected chi connectivity index (χ0v) is 19.2. The second kappa shape index (κ2) is 116. The van der Waals surface area contributed by atoms with E-state index in [4.69, 9.17) is 0 Å². The third-order valence-electron chi connectivity index (χ3n) is 0. The average Bonchev–Trinajstić information content (AvgIpc) is 2.09. The molecule has 20 heavy (non-hydrogen) atoms. The summed E-state index contributed by atoms with van der Waals surface area (Å²) in [5.41, 5.74) is 0. The minimum atomic E-state index is 0. The minimum Gasteiger partial charge on any atom is -0.358 e. The fourth-order valence-corrected chi connectivity index (χ4v) is 0. The van der Waals surface area contributed by atoms with Crippen molar-refractivity contribution in [1.29, 1.82) is 0 Å². The Hall–Kier alpha value is 0.688. The van der Waals surface area contributed by atoms with Crippen LogP contribution in [-0.2, 0) is 21.1 Å². The van der Waals surface area contributed by atoms with Gasteiger partial charge in [-0.2, -0.15) is 0 Å². The standard InChI is InChI=1S/2C4H10.C3H8.2C2H6.2CH4.2CH3.W/c2*1-4(2)3;1-3-2;2*1-2;;;;;/h2*4H,1-3H3;3H2,1-2H3;2*1-2H3;2*1H4;2*1H3;/q;;;;;;;2*-1;+2. The van der Waals surface area contributed by atoms with Crippen molar-refractivity contribution >= 4 is 0 Å². The molecule has 1 heteroatoms. The van der Waals surface area contributed by atoms with Crippen LogP contribution in [0.4, 0.5) is 0 Å². The van der Waals surface area contributed by atoms with E-state index < -0.39 is 0 Å². The predicted octanol–water partition coefficient (Wildman–Crippen LogP) is 8.96. The van der Waals surface area contributed by atoms with E-state index in [9.17, 15) is 0 Å². The van der Waals surface area contributed by atoms with E-state index in [0.717, 1.165) is 11.8 Å². The van der Waals surface area contributed by atoms with Crippen molar-refractivity contribution in [1.82, 2.24) is 0 Å². The minimum absolute atomic E-state index is 0. The molecule has 0 aromatic carbocycles. The van der Waals surface area contributed by atoms with Gasteiger partial charge in [0.1, 0.15) is 0 Å². The first-order chi connectivity index (χ1) is 6.88. The molecule has 0 aliphatic heterocycles. The molecule has 0 amide bonds. The van der Waals surface area contributed by atoms with Crippen LogP contribution in [0.2, 0.25) is 0 Å². The van der Waals surface area contributed by atoms with Gasteiger partial charge in [-0.3, -0.25) is 0 Å². The summed E-state index contributed by atoms with van der Waals surface area (Å²) in [5, 5.41) is 0. The first kappa shape index (κ1) is 70.2. The normalized spacial score (nSPS) is 5.10. The molecule has 0 saturated heterocycles. The molecule has 0 nitrogen and oxygen atoms in total. The van der Waals surface area contributed by atoms with Crippen molar-refractivity contribution in [2.75, 3.05) is 0 Å². The second-order valence-corrected chi connectivity index (χ2v) is 4.17. The van der Waals surface area contributed by atoms with E-state index in [0.29, 0.717) is 0 Å². The quantitative estimate of drug-likeness (QED) is 0.313. The van der Waals surface area contributed by atoms with Crippen LogP contribution < -0.4 is 0 Å². The summed E-state index contributed by atoms with van der Waals surface area (Å²) < 4.78 is 0. The number of hydrogen-bond acceptors (Lipinski definition) is 0. The molecule has 0 N–H and O–H groups in total. The smallest absolute Gasteiger partial charge is 0.358 e. The van der Waals surface area contributed by atoms with Crippen LogP contribution in [0.25, 0.3) is 0 Å². The van der Waals surface area contributed by atoms with E-state index in [-0.39, 0.29) is 50.8 Å². The van der Waals surface area contributed by atoms with Crippen LogP contribution in [0.1, 0.15) is 104 Å². The largest absolute Gasteiger partial charge is 2.00 e. The Bertz CT molecular complexity index is 29.5. The van der Waals surface area contributed by atoms with Crippen LogP contribution in [-0.4, -0.2) is 0 Å². The Morgan fingerprint density at radius 2 is 0.550 bits per heavy atom. The molecule has 0 aliphatic rings. The third kappa shape index (κ3) is 12300. The van der Waals surface area contributed by atoms with Gasteiger partial charge in [0.15, 0.2) is 0 Å². The Balaban J connectivity index is -0.00000000755. The molecule has 0 aromatic heterocycles. The molecular formula is C19H54W. The Morgan fingerprint density at radius 3 is 0.550 bits per heavy atom. The molecule has 0 bridgehead atoms. The van der Waals surface area contributed by atoms with Crippen molar-refractivity contribution in [3.05, 3.63) is 14.9 Å². The van der Waals surface area contributed by atoms with Gasteiger partial charge in [-0.05, 0) is 11.8 Å². The number of hydrogen-bond donors (Lipinski definition) is 0. The predicted molar refractivity (Wildman–Crippen MR) is 106 cm³/mol. The van der Waals surface area contributed by atoms with Gasteiger partial charge < -0.3 is 14.9 Å². The first-order valence-electron chi connectivity index (χ1n) is 6.88. The molecule has 0 aromatic rings. The van der Waals surface area contributed by atoms with Crippen LogP contribution in [0, 0.1) is 26.7 Å². The SMILES string of the molecule is C.C.CC.CC.CC(C)C.CC(C)C.CCC.[CH3-].[CH3-].[W+2]. The van der Waals surface area contributed by atoms with Gasteiger partial charge in [0.2, 0.25) is 0 Å². The van der Waals surface area contributed by atoms with E-state index in [2.05, 4.69) is 55.4 Å². The zero-order valence-electron chi connectivity index (χ0n) is 16.3. The van der Waals surface area contributed by atoms with Gasteiger partial charge in [-0.25, -0.2) is 0 Å². The third-order valence-corrected chi connectivity index (χ3v) is 0. The monoisotopic (exact) mass is 466 g/mol. The average molecular weight is 466 g/mol. The molecular weight excluding hydrogens is 412 g/mol. The van der Waals surface area contributed by atoms with E-state index >= 15 is 0 Å². The van der Waals surface area contributed by atoms with Gasteiger partial charge >= 0.3 is 21.1 Å². The number of rotatable bonds is 0. The van der Waals surface area contributed by atoms with Crippen LogP contribution in [0.5, 0.6) is 0 Å².